The van der Waals surface area contributed by atoms with Gasteiger partial charge in [0.05, 0.1) is 18.9 Å². The third-order valence-electron chi connectivity index (χ3n) is 3.05. The van der Waals surface area contributed by atoms with Crippen molar-refractivity contribution >= 4 is 18.0 Å². The van der Waals surface area contributed by atoms with E-state index in [-0.39, 0.29) is 25.1 Å². The van der Waals surface area contributed by atoms with E-state index in [0.29, 0.717) is 6.54 Å². The summed E-state index contributed by atoms with van der Waals surface area (Å²) in [6.45, 7) is 5.78. The average Bonchev–Trinajstić information content (AvgIpc) is 2.42. The van der Waals surface area contributed by atoms with Crippen molar-refractivity contribution in [3.05, 3.63) is 0 Å². The maximum atomic E-state index is 12.2. The van der Waals surface area contributed by atoms with Gasteiger partial charge in [0.15, 0.2) is 0 Å². The van der Waals surface area contributed by atoms with Crippen LogP contribution in [0.4, 0.5) is 4.79 Å². The van der Waals surface area contributed by atoms with Crippen molar-refractivity contribution in [2.45, 2.75) is 20.8 Å². The Kier molecular flexibility index (Phi) is 7.64. The van der Waals surface area contributed by atoms with Crippen molar-refractivity contribution in [1.29, 1.82) is 0 Å². The summed E-state index contributed by atoms with van der Waals surface area (Å²) in [7, 11) is 2.88. The van der Waals surface area contributed by atoms with E-state index in [1.807, 2.05) is 0 Å². The second-order valence-electron chi connectivity index (χ2n) is 4.87. The van der Waals surface area contributed by atoms with Crippen LogP contribution < -0.4 is 0 Å². The molecule has 7 nitrogen and oxygen atoms in total. The summed E-state index contributed by atoms with van der Waals surface area (Å²) >= 11 is 0. The molecule has 0 aliphatic heterocycles. The number of ether oxygens (including phenoxy) is 1. The predicted octanol–water partition coefficient (Wildman–Crippen LogP) is 0.890. The highest BCUT2D eigenvalue weighted by Gasteiger charge is 2.24. The summed E-state index contributed by atoms with van der Waals surface area (Å²) in [4.78, 5) is 37.2. The van der Waals surface area contributed by atoms with Crippen LogP contribution in [0.15, 0.2) is 0 Å². The fourth-order valence-electron chi connectivity index (χ4n) is 1.76. The van der Waals surface area contributed by atoms with Gasteiger partial charge in [-0.1, -0.05) is 13.8 Å². The standard InChI is InChI=1S/C13H24N2O5/c1-6-15(8-9(2)11(16)17)13(19)14(4)7-10(3)12(18)20-5/h9-10H,6-8H2,1-5H3,(H,16,17). The van der Waals surface area contributed by atoms with Crippen LogP contribution in [0.3, 0.4) is 0 Å². The number of rotatable bonds is 7. The molecule has 0 radical (unpaired) electrons. The average molecular weight is 288 g/mol. The fourth-order valence-corrected chi connectivity index (χ4v) is 1.76. The molecule has 0 saturated carbocycles. The number of esters is 1. The smallest absolute Gasteiger partial charge is 0.319 e. The number of carboxylic acids is 1. The largest absolute Gasteiger partial charge is 0.481 e. The van der Waals surface area contributed by atoms with Crippen LogP contribution >= 0.6 is 0 Å². The Balaban J connectivity index is 4.59. The number of nitrogens with zero attached hydrogens (tertiary/aromatic N) is 2. The molecule has 0 aliphatic rings. The molecular formula is C13H24N2O5. The van der Waals surface area contributed by atoms with E-state index in [1.165, 1.54) is 16.9 Å². The molecule has 116 valence electrons. The summed E-state index contributed by atoms with van der Waals surface area (Å²) in [5.74, 6) is -2.39. The molecule has 0 aromatic heterocycles. The molecule has 1 N–H and O–H groups in total. The number of hydrogen-bond donors (Lipinski definition) is 1. The van der Waals surface area contributed by atoms with Crippen molar-refractivity contribution in [3.63, 3.8) is 0 Å². The summed E-state index contributed by atoms with van der Waals surface area (Å²) in [5.41, 5.74) is 0. The van der Waals surface area contributed by atoms with Gasteiger partial charge in [-0.2, -0.15) is 0 Å². The van der Waals surface area contributed by atoms with E-state index in [1.54, 1.807) is 27.8 Å². The lowest BCUT2D eigenvalue weighted by atomic mass is 10.1. The highest BCUT2D eigenvalue weighted by molar-refractivity contribution is 5.77. The number of hydrogen-bond acceptors (Lipinski definition) is 4. The Morgan fingerprint density at radius 3 is 2.10 bits per heavy atom. The maximum Gasteiger partial charge on any atom is 0.319 e. The molecular weight excluding hydrogens is 264 g/mol. The van der Waals surface area contributed by atoms with Crippen molar-refractivity contribution in [2.75, 3.05) is 33.8 Å². The second-order valence-corrected chi connectivity index (χ2v) is 4.87. The predicted molar refractivity (Wildman–Crippen MR) is 73.3 cm³/mol. The number of carboxylic acid groups (broad SMARTS) is 1. The highest BCUT2D eigenvalue weighted by Crippen LogP contribution is 2.07. The lowest BCUT2D eigenvalue weighted by Gasteiger charge is -2.29. The van der Waals surface area contributed by atoms with Crippen LogP contribution in [0.25, 0.3) is 0 Å². The van der Waals surface area contributed by atoms with Gasteiger partial charge in [0.2, 0.25) is 0 Å². The molecule has 0 bridgehead atoms. The first kappa shape index (κ1) is 18.2. The molecule has 0 spiro atoms. The van der Waals surface area contributed by atoms with Gasteiger partial charge in [0.1, 0.15) is 0 Å². The van der Waals surface area contributed by atoms with E-state index >= 15 is 0 Å². The lowest BCUT2D eigenvalue weighted by molar-refractivity contribution is -0.145. The number of methoxy groups -OCH3 is 1. The zero-order valence-electron chi connectivity index (χ0n) is 12.8. The first-order valence-electron chi connectivity index (χ1n) is 6.55. The molecule has 0 fully saturated rings. The molecule has 0 saturated heterocycles. The normalized spacial score (nSPS) is 13.2. The van der Waals surface area contributed by atoms with Gasteiger partial charge in [-0.15, -0.1) is 0 Å². The Morgan fingerprint density at radius 2 is 1.70 bits per heavy atom. The van der Waals surface area contributed by atoms with Crippen molar-refractivity contribution in [1.82, 2.24) is 9.80 Å². The monoisotopic (exact) mass is 288 g/mol. The van der Waals surface area contributed by atoms with Crippen molar-refractivity contribution < 1.29 is 24.2 Å². The third-order valence-corrected chi connectivity index (χ3v) is 3.05. The summed E-state index contributed by atoms with van der Waals surface area (Å²) < 4.78 is 4.61. The van der Waals surface area contributed by atoms with Crippen LogP contribution in [-0.4, -0.2) is 66.7 Å². The zero-order valence-corrected chi connectivity index (χ0v) is 12.8. The molecule has 20 heavy (non-hydrogen) atoms. The van der Waals surface area contributed by atoms with Crippen molar-refractivity contribution in [3.8, 4) is 0 Å². The van der Waals surface area contributed by atoms with E-state index in [2.05, 4.69) is 4.74 Å². The third kappa shape index (κ3) is 5.46. The molecule has 2 unspecified atom stereocenters. The quantitative estimate of drug-likeness (QED) is 0.703. The van der Waals surface area contributed by atoms with Gasteiger partial charge in [0, 0.05) is 26.7 Å². The minimum absolute atomic E-state index is 0.140. The number of carbonyl (C=O) groups excluding carboxylic acids is 2. The topological polar surface area (TPSA) is 87.2 Å². The van der Waals surface area contributed by atoms with Crippen LogP contribution in [0.2, 0.25) is 0 Å². The number of aliphatic carboxylic acids is 1. The Morgan fingerprint density at radius 1 is 1.15 bits per heavy atom. The van der Waals surface area contributed by atoms with Gasteiger partial charge in [0.25, 0.3) is 0 Å². The van der Waals surface area contributed by atoms with Crippen LogP contribution in [0.1, 0.15) is 20.8 Å². The van der Waals surface area contributed by atoms with Gasteiger partial charge in [-0.05, 0) is 6.92 Å². The Hall–Kier alpha value is -1.79. The molecule has 0 aliphatic carbocycles. The Bertz CT molecular complexity index is 359. The van der Waals surface area contributed by atoms with Crippen LogP contribution in [0.5, 0.6) is 0 Å². The fraction of sp³-hybridized carbons (Fsp3) is 0.769. The molecule has 0 heterocycles. The molecule has 7 heteroatoms. The molecule has 2 atom stereocenters. The Labute approximate surface area is 119 Å². The van der Waals surface area contributed by atoms with Gasteiger partial charge < -0.3 is 19.6 Å². The van der Waals surface area contributed by atoms with Gasteiger partial charge >= 0.3 is 18.0 Å². The van der Waals surface area contributed by atoms with Gasteiger partial charge in [-0.25, -0.2) is 4.79 Å². The minimum Gasteiger partial charge on any atom is -0.481 e. The SMILES string of the molecule is CCN(CC(C)C(=O)O)C(=O)N(C)CC(C)C(=O)OC. The van der Waals surface area contributed by atoms with E-state index < -0.39 is 17.8 Å². The van der Waals surface area contributed by atoms with Gasteiger partial charge in [-0.3, -0.25) is 9.59 Å². The summed E-state index contributed by atoms with van der Waals surface area (Å²) in [5, 5.41) is 8.88. The lowest BCUT2D eigenvalue weighted by Crippen LogP contribution is -2.46. The molecule has 2 amide bonds. The second kappa shape index (κ2) is 8.39. The number of amides is 2. The number of carbonyl (C=O) groups is 3. The van der Waals surface area contributed by atoms with Crippen LogP contribution in [-0.2, 0) is 14.3 Å². The molecule has 0 rings (SSSR count). The van der Waals surface area contributed by atoms with Crippen molar-refractivity contribution in [2.24, 2.45) is 11.8 Å². The maximum absolute atomic E-state index is 12.2. The zero-order chi connectivity index (χ0) is 15.9. The van der Waals surface area contributed by atoms with Crippen LogP contribution in [0, 0.1) is 11.8 Å². The van der Waals surface area contributed by atoms with E-state index in [9.17, 15) is 14.4 Å². The minimum atomic E-state index is -0.943. The highest BCUT2D eigenvalue weighted by atomic mass is 16.5. The van der Waals surface area contributed by atoms with E-state index in [4.69, 9.17) is 5.11 Å². The first-order valence-corrected chi connectivity index (χ1v) is 6.55. The summed E-state index contributed by atoms with van der Waals surface area (Å²) in [6, 6.07) is -0.295. The summed E-state index contributed by atoms with van der Waals surface area (Å²) in [6.07, 6.45) is 0. The first-order chi connectivity index (χ1) is 9.24. The molecule has 0 aromatic carbocycles. The molecule has 0 aromatic rings. The number of urea groups is 1. The van der Waals surface area contributed by atoms with E-state index in [0.717, 1.165) is 0 Å².